The highest BCUT2D eigenvalue weighted by Gasteiger charge is 2.29. The summed E-state index contributed by atoms with van der Waals surface area (Å²) in [7, 11) is 0. The molecule has 0 aromatic heterocycles. The van der Waals surface area contributed by atoms with Gasteiger partial charge in [-0.1, -0.05) is 12.1 Å². The molecule has 0 spiro atoms. The van der Waals surface area contributed by atoms with Crippen LogP contribution in [0.5, 0.6) is 0 Å². The lowest BCUT2D eigenvalue weighted by molar-refractivity contribution is -0.117. The van der Waals surface area contributed by atoms with Gasteiger partial charge in [0, 0.05) is 35.9 Å². The molecule has 0 radical (unpaired) electrons. The van der Waals surface area contributed by atoms with Gasteiger partial charge in [-0.15, -0.1) is 0 Å². The van der Waals surface area contributed by atoms with Gasteiger partial charge in [0.25, 0.3) is 5.91 Å². The van der Waals surface area contributed by atoms with E-state index in [1.165, 1.54) is 0 Å². The van der Waals surface area contributed by atoms with Crippen molar-refractivity contribution in [2.45, 2.75) is 25.8 Å². The zero-order valence-electron chi connectivity index (χ0n) is 16.3. The fourth-order valence-electron chi connectivity index (χ4n) is 3.32. The van der Waals surface area contributed by atoms with Crippen LogP contribution in [0.3, 0.4) is 0 Å². The van der Waals surface area contributed by atoms with Crippen molar-refractivity contribution in [1.82, 2.24) is 10.6 Å². The van der Waals surface area contributed by atoms with Crippen LogP contribution in [0.25, 0.3) is 0 Å². The molecule has 1 saturated heterocycles. The maximum atomic E-state index is 12.6. The maximum absolute atomic E-state index is 12.6. The molecule has 3 N–H and O–H groups in total. The van der Waals surface area contributed by atoms with Crippen molar-refractivity contribution >= 4 is 29.2 Å². The van der Waals surface area contributed by atoms with E-state index >= 15 is 0 Å². The summed E-state index contributed by atoms with van der Waals surface area (Å²) in [5.41, 5.74) is 3.03. The number of amides is 4. The van der Waals surface area contributed by atoms with Crippen molar-refractivity contribution < 1.29 is 14.4 Å². The number of anilines is 2. The minimum atomic E-state index is -0.181. The Morgan fingerprint density at radius 2 is 1.76 bits per heavy atom. The van der Waals surface area contributed by atoms with Gasteiger partial charge in [0.2, 0.25) is 5.91 Å². The van der Waals surface area contributed by atoms with Gasteiger partial charge in [0.05, 0.1) is 6.04 Å². The molecule has 4 amide bonds. The van der Waals surface area contributed by atoms with Crippen LogP contribution >= 0.6 is 0 Å². The SMILES string of the molecule is CC(NC(=O)c1ccc(N2CCNC2=O)cc1)c1ccc(NC(=O)C2CC2)cc1. The predicted octanol–water partition coefficient (Wildman–Crippen LogP) is 3.06. The Morgan fingerprint density at radius 3 is 2.34 bits per heavy atom. The van der Waals surface area contributed by atoms with E-state index in [9.17, 15) is 14.4 Å². The number of carbonyl (C=O) groups excluding carboxylic acids is 3. The molecule has 1 atom stereocenters. The Bertz CT molecular complexity index is 920. The van der Waals surface area contributed by atoms with Crippen LogP contribution in [0, 0.1) is 5.92 Å². The molecule has 4 rings (SSSR count). The highest BCUT2D eigenvalue weighted by Crippen LogP contribution is 2.30. The average Bonchev–Trinajstić information content (AvgIpc) is 3.50. The molecule has 0 bridgehead atoms. The van der Waals surface area contributed by atoms with Gasteiger partial charge in [-0.25, -0.2) is 4.79 Å². The van der Waals surface area contributed by atoms with Gasteiger partial charge < -0.3 is 16.0 Å². The lowest BCUT2D eigenvalue weighted by Crippen LogP contribution is -2.28. The number of nitrogens with zero attached hydrogens (tertiary/aromatic N) is 1. The van der Waals surface area contributed by atoms with E-state index in [1.54, 1.807) is 29.2 Å². The van der Waals surface area contributed by atoms with Crippen molar-refractivity contribution in [3.63, 3.8) is 0 Å². The second-order valence-corrected chi connectivity index (χ2v) is 7.51. The monoisotopic (exact) mass is 392 g/mol. The van der Waals surface area contributed by atoms with Crippen molar-refractivity contribution in [2.24, 2.45) is 5.92 Å². The first-order chi connectivity index (χ1) is 14.0. The zero-order chi connectivity index (χ0) is 20.4. The average molecular weight is 392 g/mol. The first-order valence-corrected chi connectivity index (χ1v) is 9.88. The molecular weight excluding hydrogens is 368 g/mol. The number of urea groups is 1. The van der Waals surface area contributed by atoms with Crippen LogP contribution in [0.4, 0.5) is 16.2 Å². The second-order valence-electron chi connectivity index (χ2n) is 7.51. The molecule has 7 nitrogen and oxygen atoms in total. The predicted molar refractivity (Wildman–Crippen MR) is 111 cm³/mol. The largest absolute Gasteiger partial charge is 0.346 e. The Labute approximate surface area is 169 Å². The van der Waals surface area contributed by atoms with Crippen LogP contribution in [-0.4, -0.2) is 30.9 Å². The van der Waals surface area contributed by atoms with Crippen molar-refractivity contribution in [3.8, 4) is 0 Å². The van der Waals surface area contributed by atoms with Gasteiger partial charge in [-0.2, -0.15) is 0 Å². The molecule has 7 heteroatoms. The van der Waals surface area contributed by atoms with Crippen LogP contribution in [0.1, 0.15) is 41.7 Å². The van der Waals surface area contributed by atoms with Gasteiger partial charge in [-0.05, 0) is 61.7 Å². The molecule has 29 heavy (non-hydrogen) atoms. The van der Waals surface area contributed by atoms with Gasteiger partial charge in [0.1, 0.15) is 0 Å². The molecule has 2 fully saturated rings. The van der Waals surface area contributed by atoms with E-state index in [2.05, 4.69) is 16.0 Å². The molecule has 2 aliphatic rings. The van der Waals surface area contributed by atoms with E-state index in [0.717, 1.165) is 29.8 Å². The molecule has 1 heterocycles. The quantitative estimate of drug-likeness (QED) is 0.706. The molecule has 1 saturated carbocycles. The summed E-state index contributed by atoms with van der Waals surface area (Å²) in [5.74, 6) is 0.0640. The third kappa shape index (κ3) is 4.39. The first kappa shape index (κ1) is 19.0. The van der Waals surface area contributed by atoms with Crippen molar-refractivity contribution in [2.75, 3.05) is 23.3 Å². The van der Waals surface area contributed by atoms with Crippen LogP contribution < -0.4 is 20.9 Å². The smallest absolute Gasteiger partial charge is 0.321 e. The van der Waals surface area contributed by atoms with E-state index < -0.39 is 0 Å². The van der Waals surface area contributed by atoms with E-state index in [-0.39, 0.29) is 29.8 Å². The van der Waals surface area contributed by atoms with Gasteiger partial charge >= 0.3 is 6.03 Å². The number of hydrogen-bond donors (Lipinski definition) is 3. The number of benzene rings is 2. The van der Waals surface area contributed by atoms with Crippen molar-refractivity contribution in [1.29, 1.82) is 0 Å². The molecule has 1 unspecified atom stereocenters. The van der Waals surface area contributed by atoms with Gasteiger partial charge in [-0.3, -0.25) is 14.5 Å². The molecule has 150 valence electrons. The van der Waals surface area contributed by atoms with Crippen LogP contribution in [0.15, 0.2) is 48.5 Å². The summed E-state index contributed by atoms with van der Waals surface area (Å²) in [6.07, 6.45) is 1.94. The lowest BCUT2D eigenvalue weighted by atomic mass is 10.1. The summed E-state index contributed by atoms with van der Waals surface area (Å²) in [4.78, 5) is 37.8. The lowest BCUT2D eigenvalue weighted by Gasteiger charge is -2.17. The highest BCUT2D eigenvalue weighted by atomic mass is 16.2. The Morgan fingerprint density at radius 1 is 1.07 bits per heavy atom. The molecule has 1 aliphatic heterocycles. The fraction of sp³-hybridized carbons (Fsp3) is 0.318. The minimum Gasteiger partial charge on any atom is -0.346 e. The Hall–Kier alpha value is -3.35. The van der Waals surface area contributed by atoms with E-state index in [0.29, 0.717) is 18.7 Å². The minimum absolute atomic E-state index is 0.0777. The summed E-state index contributed by atoms with van der Waals surface area (Å²) in [5, 5.41) is 8.65. The fourth-order valence-corrected chi connectivity index (χ4v) is 3.32. The summed E-state index contributed by atoms with van der Waals surface area (Å²) in [6.45, 7) is 3.17. The standard InChI is InChI=1S/C22H24N4O3/c1-14(15-4-8-18(9-5-15)25-21(28)16-2-3-16)24-20(27)17-6-10-19(11-7-17)26-13-12-23-22(26)29/h4-11,14,16H,2-3,12-13H2,1H3,(H,23,29)(H,24,27)(H,25,28). The molecule has 2 aromatic carbocycles. The number of carbonyl (C=O) groups is 3. The third-order valence-corrected chi connectivity index (χ3v) is 5.27. The number of hydrogen-bond acceptors (Lipinski definition) is 3. The molecule has 1 aliphatic carbocycles. The zero-order valence-corrected chi connectivity index (χ0v) is 16.3. The summed E-state index contributed by atoms with van der Waals surface area (Å²) < 4.78 is 0. The van der Waals surface area contributed by atoms with Crippen LogP contribution in [0.2, 0.25) is 0 Å². The number of rotatable bonds is 6. The molecular formula is C22H24N4O3. The Balaban J connectivity index is 1.35. The first-order valence-electron chi connectivity index (χ1n) is 9.88. The molecule has 2 aromatic rings. The summed E-state index contributed by atoms with van der Waals surface area (Å²) in [6, 6.07) is 14.2. The Kier molecular flexibility index (Phi) is 5.20. The number of nitrogens with one attached hydrogen (secondary N) is 3. The van der Waals surface area contributed by atoms with E-state index in [1.807, 2.05) is 31.2 Å². The third-order valence-electron chi connectivity index (χ3n) is 5.27. The highest BCUT2D eigenvalue weighted by molar-refractivity contribution is 5.97. The van der Waals surface area contributed by atoms with Crippen LogP contribution in [-0.2, 0) is 4.79 Å². The second kappa shape index (κ2) is 7.95. The maximum Gasteiger partial charge on any atom is 0.321 e. The van der Waals surface area contributed by atoms with Crippen molar-refractivity contribution in [3.05, 3.63) is 59.7 Å². The van der Waals surface area contributed by atoms with E-state index in [4.69, 9.17) is 0 Å². The van der Waals surface area contributed by atoms with Gasteiger partial charge in [0.15, 0.2) is 0 Å². The topological polar surface area (TPSA) is 90.5 Å². The summed E-state index contributed by atoms with van der Waals surface area (Å²) >= 11 is 0. The normalized spacial score (nSPS) is 16.9.